The zero-order valence-electron chi connectivity index (χ0n) is 13.8. The lowest BCUT2D eigenvalue weighted by Gasteiger charge is -2.31. The summed E-state index contributed by atoms with van der Waals surface area (Å²) in [6.07, 6.45) is -4.62. The molecule has 144 valence electrons. The number of hydrogen-bond donors (Lipinski definition) is 1. The van der Waals surface area contributed by atoms with Crippen molar-refractivity contribution >= 4 is 5.91 Å². The first-order valence-corrected chi connectivity index (χ1v) is 7.86. The van der Waals surface area contributed by atoms with Crippen LogP contribution in [0.5, 0.6) is 11.6 Å². The van der Waals surface area contributed by atoms with Crippen molar-refractivity contribution < 1.29 is 32.2 Å². The number of carbonyl (C=O) groups is 1. The number of pyridine rings is 1. The van der Waals surface area contributed by atoms with Crippen LogP contribution in [-0.2, 0) is 13.1 Å². The molecule has 27 heavy (non-hydrogen) atoms. The van der Waals surface area contributed by atoms with Crippen molar-refractivity contribution in [3.63, 3.8) is 0 Å². The van der Waals surface area contributed by atoms with Crippen molar-refractivity contribution in [2.24, 2.45) is 0 Å². The SMILES string of the molecule is O=C1c2c(O)c(=O)cc(OCC(F)(F)F)n2CCN1Cc1ccc(F)cc1. The Morgan fingerprint density at radius 3 is 2.41 bits per heavy atom. The van der Waals surface area contributed by atoms with Crippen LogP contribution in [0.15, 0.2) is 35.1 Å². The molecule has 1 aromatic carbocycles. The molecule has 6 nitrogen and oxygen atoms in total. The maximum absolute atomic E-state index is 13.0. The van der Waals surface area contributed by atoms with E-state index in [0.29, 0.717) is 11.6 Å². The lowest BCUT2D eigenvalue weighted by Crippen LogP contribution is -2.41. The second kappa shape index (κ2) is 6.93. The molecule has 1 aromatic heterocycles. The second-order valence-electron chi connectivity index (χ2n) is 5.95. The van der Waals surface area contributed by atoms with Gasteiger partial charge in [0.05, 0.1) is 0 Å². The monoisotopic (exact) mass is 386 g/mol. The van der Waals surface area contributed by atoms with Crippen LogP contribution in [0.4, 0.5) is 17.6 Å². The largest absolute Gasteiger partial charge is 0.503 e. The predicted molar refractivity (Wildman–Crippen MR) is 85.1 cm³/mol. The molecule has 3 rings (SSSR count). The average Bonchev–Trinajstić information content (AvgIpc) is 2.60. The van der Waals surface area contributed by atoms with Crippen molar-refractivity contribution in [2.45, 2.75) is 19.3 Å². The molecular weight excluding hydrogens is 372 g/mol. The average molecular weight is 386 g/mol. The maximum Gasteiger partial charge on any atom is 0.422 e. The van der Waals surface area contributed by atoms with Gasteiger partial charge < -0.3 is 19.3 Å². The smallest absolute Gasteiger partial charge is 0.422 e. The summed E-state index contributed by atoms with van der Waals surface area (Å²) >= 11 is 0. The standard InChI is InChI=1S/C17H14F4N2O4/c18-11-3-1-10(2-4-11)8-22-5-6-23-13(27-9-17(19,20)21)7-12(24)15(25)14(23)16(22)26/h1-4,7,25H,5-6,8-9H2. The summed E-state index contributed by atoms with van der Waals surface area (Å²) in [5, 5.41) is 9.98. The second-order valence-corrected chi connectivity index (χ2v) is 5.95. The molecule has 0 spiro atoms. The van der Waals surface area contributed by atoms with Crippen molar-refractivity contribution in [3.05, 3.63) is 57.6 Å². The van der Waals surface area contributed by atoms with Gasteiger partial charge in [0, 0.05) is 25.7 Å². The number of carbonyl (C=O) groups excluding carboxylic acids is 1. The number of ether oxygens (including phenoxy) is 1. The maximum atomic E-state index is 13.0. The lowest BCUT2D eigenvalue weighted by molar-refractivity contribution is -0.154. The van der Waals surface area contributed by atoms with Gasteiger partial charge >= 0.3 is 6.18 Å². The molecule has 10 heteroatoms. The topological polar surface area (TPSA) is 71.8 Å². The van der Waals surface area contributed by atoms with E-state index < -0.39 is 47.3 Å². The fourth-order valence-corrected chi connectivity index (χ4v) is 2.76. The van der Waals surface area contributed by atoms with Crippen LogP contribution in [0.3, 0.4) is 0 Å². The number of fused-ring (bicyclic) bond motifs is 1. The Bertz CT molecular complexity index is 922. The third-order valence-electron chi connectivity index (χ3n) is 4.00. The molecule has 0 aliphatic carbocycles. The molecule has 0 radical (unpaired) electrons. The number of rotatable bonds is 4. The van der Waals surface area contributed by atoms with Gasteiger partial charge in [-0.1, -0.05) is 12.1 Å². The molecule has 0 atom stereocenters. The van der Waals surface area contributed by atoms with E-state index >= 15 is 0 Å². The molecular formula is C17H14F4N2O4. The molecule has 0 bridgehead atoms. The van der Waals surface area contributed by atoms with Gasteiger partial charge in [-0.2, -0.15) is 13.2 Å². The highest BCUT2D eigenvalue weighted by molar-refractivity contribution is 5.96. The molecule has 1 N–H and O–H groups in total. The molecule has 0 saturated carbocycles. The van der Waals surface area contributed by atoms with Gasteiger partial charge in [0.15, 0.2) is 23.9 Å². The highest BCUT2D eigenvalue weighted by Crippen LogP contribution is 2.27. The summed E-state index contributed by atoms with van der Waals surface area (Å²) in [5.74, 6) is -2.48. The van der Waals surface area contributed by atoms with E-state index in [4.69, 9.17) is 0 Å². The lowest BCUT2D eigenvalue weighted by atomic mass is 10.1. The Hall–Kier alpha value is -3.04. The van der Waals surface area contributed by atoms with Gasteiger partial charge in [-0.15, -0.1) is 0 Å². The van der Waals surface area contributed by atoms with Crippen molar-refractivity contribution in [2.75, 3.05) is 13.2 Å². The molecule has 2 aromatic rings. The van der Waals surface area contributed by atoms with E-state index in [0.717, 1.165) is 4.57 Å². The zero-order chi connectivity index (χ0) is 19.8. The van der Waals surface area contributed by atoms with E-state index in [-0.39, 0.29) is 19.6 Å². The molecule has 1 aliphatic rings. The van der Waals surface area contributed by atoms with E-state index in [9.17, 15) is 32.3 Å². The van der Waals surface area contributed by atoms with Crippen LogP contribution >= 0.6 is 0 Å². The van der Waals surface area contributed by atoms with E-state index in [1.807, 2.05) is 0 Å². The number of aromatic nitrogens is 1. The first-order valence-electron chi connectivity index (χ1n) is 7.86. The van der Waals surface area contributed by atoms with Gasteiger partial charge in [0.25, 0.3) is 5.91 Å². The number of alkyl halides is 3. The minimum absolute atomic E-state index is 0.0172. The predicted octanol–water partition coefficient (Wildman–Crippen LogP) is 2.29. The molecule has 1 amide bonds. The summed E-state index contributed by atoms with van der Waals surface area (Å²) in [6, 6.07) is 6.12. The Balaban J connectivity index is 1.91. The molecule has 0 saturated heterocycles. The number of nitrogens with zero attached hydrogens (tertiary/aromatic N) is 2. The third-order valence-corrected chi connectivity index (χ3v) is 4.00. The van der Waals surface area contributed by atoms with Gasteiger partial charge in [-0.05, 0) is 17.7 Å². The van der Waals surface area contributed by atoms with Gasteiger partial charge in [0.2, 0.25) is 5.43 Å². The highest BCUT2D eigenvalue weighted by atomic mass is 19.4. The fraction of sp³-hybridized carbons (Fsp3) is 0.294. The summed E-state index contributed by atoms with van der Waals surface area (Å²) in [6.45, 7) is -1.43. The van der Waals surface area contributed by atoms with Crippen LogP contribution in [-0.4, -0.2) is 39.8 Å². The molecule has 1 aliphatic heterocycles. The summed E-state index contributed by atoms with van der Waals surface area (Å²) in [4.78, 5) is 25.8. The number of amides is 1. The number of benzene rings is 1. The minimum atomic E-state index is -4.62. The van der Waals surface area contributed by atoms with Crippen molar-refractivity contribution in [3.8, 4) is 11.6 Å². The van der Waals surface area contributed by atoms with Crippen molar-refractivity contribution in [1.29, 1.82) is 0 Å². The number of aromatic hydroxyl groups is 1. The summed E-state index contributed by atoms with van der Waals surface area (Å²) in [7, 11) is 0. The summed E-state index contributed by atoms with van der Waals surface area (Å²) < 4.78 is 55.9. The Morgan fingerprint density at radius 2 is 1.78 bits per heavy atom. The normalized spacial score (nSPS) is 14.2. The van der Waals surface area contributed by atoms with Crippen LogP contribution < -0.4 is 10.2 Å². The Kier molecular flexibility index (Phi) is 4.81. The van der Waals surface area contributed by atoms with E-state index in [1.165, 1.54) is 29.2 Å². The van der Waals surface area contributed by atoms with Crippen LogP contribution in [0.25, 0.3) is 0 Å². The molecule has 0 unspecified atom stereocenters. The zero-order valence-corrected chi connectivity index (χ0v) is 13.8. The molecule has 2 heterocycles. The quantitative estimate of drug-likeness (QED) is 0.819. The number of hydrogen-bond acceptors (Lipinski definition) is 4. The third kappa shape index (κ3) is 4.04. The van der Waals surface area contributed by atoms with Gasteiger partial charge in [-0.3, -0.25) is 9.59 Å². The highest BCUT2D eigenvalue weighted by Gasteiger charge is 2.33. The van der Waals surface area contributed by atoms with Crippen LogP contribution in [0.2, 0.25) is 0 Å². The first-order chi connectivity index (χ1) is 12.7. The van der Waals surface area contributed by atoms with E-state index in [2.05, 4.69) is 4.74 Å². The molecule has 0 fully saturated rings. The van der Waals surface area contributed by atoms with Gasteiger partial charge in [0.1, 0.15) is 5.82 Å². The van der Waals surface area contributed by atoms with Crippen LogP contribution in [0, 0.1) is 5.82 Å². The van der Waals surface area contributed by atoms with Crippen LogP contribution in [0.1, 0.15) is 16.1 Å². The van der Waals surface area contributed by atoms with Gasteiger partial charge in [-0.25, -0.2) is 4.39 Å². The minimum Gasteiger partial charge on any atom is -0.503 e. The first kappa shape index (κ1) is 18.7. The van der Waals surface area contributed by atoms with E-state index in [1.54, 1.807) is 0 Å². The summed E-state index contributed by atoms with van der Waals surface area (Å²) in [5.41, 5.74) is -0.840. The number of halogens is 4. The fourth-order valence-electron chi connectivity index (χ4n) is 2.76. The van der Waals surface area contributed by atoms with Crippen molar-refractivity contribution in [1.82, 2.24) is 9.47 Å². The Labute approximate surface area is 150 Å². The Morgan fingerprint density at radius 1 is 1.11 bits per heavy atom.